The summed E-state index contributed by atoms with van der Waals surface area (Å²) in [7, 11) is -6.67. The first-order chi connectivity index (χ1) is 10.8. The summed E-state index contributed by atoms with van der Waals surface area (Å²) in [6.45, 7) is 6.41. The first-order valence-electron chi connectivity index (χ1n) is 7.14. The Labute approximate surface area is 152 Å². The molecule has 0 aliphatic rings. The van der Waals surface area contributed by atoms with Crippen LogP contribution in [0.25, 0.3) is 0 Å². The zero-order valence-corrected chi connectivity index (χ0v) is 17.5. The Hall–Kier alpha value is 0.440. The summed E-state index contributed by atoms with van der Waals surface area (Å²) in [5.74, 6) is 0.949. The van der Waals surface area contributed by atoms with Crippen molar-refractivity contribution in [3.05, 3.63) is 0 Å². The van der Waals surface area contributed by atoms with E-state index in [1.165, 1.54) is 13.8 Å². The Balaban J connectivity index is 4.13. The quantitative estimate of drug-likeness (QED) is 0.196. The van der Waals surface area contributed by atoms with Crippen LogP contribution in [0.5, 0.6) is 0 Å². The molecule has 24 heavy (non-hydrogen) atoms. The molecule has 0 bridgehead atoms. The standard InChI is InChI=1S/C12H26O8S4/c1-11(2,21-20-19-13)5-7-22(14)9-10-23(15)8-6-12(3,4)24(16,17)18/h13H,5-10H2,1-4H3,(H,16,17,18). The van der Waals surface area contributed by atoms with Crippen LogP contribution < -0.4 is 0 Å². The first-order valence-corrected chi connectivity index (χ1v) is 12.3. The highest BCUT2D eigenvalue weighted by Crippen LogP contribution is 2.29. The van der Waals surface area contributed by atoms with E-state index in [9.17, 15) is 16.8 Å². The summed E-state index contributed by atoms with van der Waals surface area (Å²) in [6.07, 6.45) is 0.601. The van der Waals surface area contributed by atoms with Crippen LogP contribution in [0, 0.1) is 0 Å². The van der Waals surface area contributed by atoms with E-state index in [1.807, 2.05) is 13.8 Å². The normalized spacial score (nSPS) is 16.1. The van der Waals surface area contributed by atoms with Gasteiger partial charge in [-0.2, -0.15) is 8.42 Å². The molecule has 0 fully saturated rings. The van der Waals surface area contributed by atoms with Crippen molar-refractivity contribution in [1.82, 2.24) is 0 Å². The van der Waals surface area contributed by atoms with E-state index in [2.05, 4.69) is 9.37 Å². The number of hydrogen-bond donors (Lipinski definition) is 2. The molecule has 0 spiro atoms. The van der Waals surface area contributed by atoms with E-state index >= 15 is 0 Å². The minimum Gasteiger partial charge on any atom is -0.285 e. The molecule has 0 aliphatic carbocycles. The third kappa shape index (κ3) is 10.4. The van der Waals surface area contributed by atoms with Gasteiger partial charge < -0.3 is 0 Å². The lowest BCUT2D eigenvalue weighted by molar-refractivity contribution is -0.432. The van der Waals surface area contributed by atoms with Crippen molar-refractivity contribution in [3.63, 3.8) is 0 Å². The Morgan fingerprint density at radius 3 is 1.83 bits per heavy atom. The fraction of sp³-hybridized carbons (Fsp3) is 1.00. The molecule has 0 rings (SSSR count). The van der Waals surface area contributed by atoms with Gasteiger partial charge >= 0.3 is 0 Å². The Bertz CT molecular complexity index is 529. The lowest BCUT2D eigenvalue weighted by Crippen LogP contribution is -2.33. The molecular weight excluding hydrogens is 400 g/mol. The minimum absolute atomic E-state index is 0.0627. The van der Waals surface area contributed by atoms with E-state index in [0.29, 0.717) is 12.2 Å². The monoisotopic (exact) mass is 426 g/mol. The zero-order chi connectivity index (χ0) is 19.0. The highest BCUT2D eigenvalue weighted by Gasteiger charge is 2.32. The van der Waals surface area contributed by atoms with Crippen LogP contribution in [0.3, 0.4) is 0 Å². The van der Waals surface area contributed by atoms with Gasteiger partial charge in [0, 0.05) is 61.4 Å². The van der Waals surface area contributed by atoms with E-state index in [-0.39, 0.29) is 23.7 Å². The molecule has 0 aromatic carbocycles. The fourth-order valence-corrected chi connectivity index (χ4v) is 5.78. The molecule has 12 heteroatoms. The van der Waals surface area contributed by atoms with Gasteiger partial charge in [0.2, 0.25) is 0 Å². The van der Waals surface area contributed by atoms with E-state index in [4.69, 9.17) is 9.81 Å². The largest absolute Gasteiger partial charge is 0.285 e. The maximum Gasteiger partial charge on any atom is 0.270 e. The van der Waals surface area contributed by atoms with Crippen molar-refractivity contribution in [2.75, 3.05) is 23.0 Å². The van der Waals surface area contributed by atoms with Crippen molar-refractivity contribution in [2.45, 2.75) is 50.0 Å². The summed E-state index contributed by atoms with van der Waals surface area (Å²) < 4.78 is 57.8. The van der Waals surface area contributed by atoms with Crippen molar-refractivity contribution < 1.29 is 36.0 Å². The molecule has 0 aromatic heterocycles. The second-order valence-electron chi connectivity index (χ2n) is 6.42. The van der Waals surface area contributed by atoms with Crippen LogP contribution in [0.1, 0.15) is 40.5 Å². The highest BCUT2D eigenvalue weighted by atomic mass is 32.2. The summed E-state index contributed by atoms with van der Waals surface area (Å²) in [5, 5.41) is 11.6. The zero-order valence-electron chi connectivity index (χ0n) is 14.2. The van der Waals surface area contributed by atoms with Crippen LogP contribution >= 0.6 is 12.0 Å². The van der Waals surface area contributed by atoms with Crippen LogP contribution in [0.15, 0.2) is 0 Å². The molecular formula is C12H26O8S4. The Kier molecular flexibility index (Phi) is 10.7. The van der Waals surface area contributed by atoms with E-state index in [1.54, 1.807) is 0 Å². The third-order valence-electron chi connectivity index (χ3n) is 3.39. The Morgan fingerprint density at radius 1 is 0.958 bits per heavy atom. The molecule has 0 aliphatic heterocycles. The van der Waals surface area contributed by atoms with Gasteiger partial charge in [-0.1, -0.05) is 5.04 Å². The average Bonchev–Trinajstić information content (AvgIpc) is 2.46. The van der Waals surface area contributed by atoms with E-state index < -0.39 is 41.2 Å². The SMILES string of the molecule is CC(C)(CCS(=O)CCS(=O)CCC(C)(C)S(=O)(=O)O)SOOO. The number of hydrogen-bond acceptors (Lipinski definition) is 8. The summed E-state index contributed by atoms with van der Waals surface area (Å²) >= 11 is 0.911. The lowest BCUT2D eigenvalue weighted by atomic mass is 10.1. The highest BCUT2D eigenvalue weighted by molar-refractivity contribution is 7.96. The molecule has 2 N–H and O–H groups in total. The molecule has 2 unspecified atom stereocenters. The lowest BCUT2D eigenvalue weighted by Gasteiger charge is -2.21. The van der Waals surface area contributed by atoms with Crippen molar-refractivity contribution in [2.24, 2.45) is 0 Å². The van der Waals surface area contributed by atoms with Crippen molar-refractivity contribution in [1.29, 1.82) is 0 Å². The fourth-order valence-electron chi connectivity index (χ4n) is 1.39. The molecule has 2 atom stereocenters. The van der Waals surface area contributed by atoms with E-state index in [0.717, 1.165) is 12.0 Å². The van der Waals surface area contributed by atoms with Gasteiger partial charge in [-0.3, -0.25) is 13.0 Å². The second-order valence-corrected chi connectivity index (χ2v) is 13.3. The predicted octanol–water partition coefficient (Wildman–Crippen LogP) is 1.78. The maximum absolute atomic E-state index is 11.9. The second kappa shape index (κ2) is 10.6. The summed E-state index contributed by atoms with van der Waals surface area (Å²) in [5.41, 5.74) is 0. The molecule has 8 nitrogen and oxygen atoms in total. The van der Waals surface area contributed by atoms with Crippen molar-refractivity contribution >= 4 is 43.8 Å². The van der Waals surface area contributed by atoms with Crippen LogP contribution in [-0.4, -0.2) is 59.2 Å². The van der Waals surface area contributed by atoms with Crippen molar-refractivity contribution in [3.8, 4) is 0 Å². The Morgan fingerprint density at radius 2 is 1.42 bits per heavy atom. The third-order valence-corrected chi connectivity index (χ3v) is 8.67. The summed E-state index contributed by atoms with van der Waals surface area (Å²) in [6, 6.07) is 0. The molecule has 0 aromatic rings. The molecule has 0 heterocycles. The van der Waals surface area contributed by atoms with Gasteiger partial charge in [-0.15, -0.1) is 4.33 Å². The average molecular weight is 427 g/mol. The van der Waals surface area contributed by atoms with Gasteiger partial charge in [0.05, 0.1) is 4.75 Å². The van der Waals surface area contributed by atoms with Gasteiger partial charge in [0.25, 0.3) is 10.1 Å². The topological polar surface area (TPSA) is 127 Å². The first kappa shape index (κ1) is 24.4. The number of rotatable bonds is 13. The van der Waals surface area contributed by atoms with Gasteiger partial charge in [0.1, 0.15) is 0 Å². The molecule has 146 valence electrons. The minimum atomic E-state index is -4.20. The van der Waals surface area contributed by atoms with Crippen LogP contribution in [-0.2, 0) is 41.1 Å². The van der Waals surface area contributed by atoms with Crippen LogP contribution in [0.4, 0.5) is 0 Å². The van der Waals surface area contributed by atoms with Gasteiger partial charge in [0.15, 0.2) is 0 Å². The van der Waals surface area contributed by atoms with Gasteiger partial charge in [-0.25, -0.2) is 5.26 Å². The summed E-state index contributed by atoms with van der Waals surface area (Å²) in [4.78, 5) is 0. The molecule has 0 radical (unpaired) electrons. The van der Waals surface area contributed by atoms with Gasteiger partial charge in [-0.05, 0) is 40.5 Å². The molecule has 0 saturated carbocycles. The smallest absolute Gasteiger partial charge is 0.270 e. The molecule has 0 amide bonds. The van der Waals surface area contributed by atoms with Crippen LogP contribution in [0.2, 0.25) is 0 Å². The molecule has 0 saturated heterocycles. The predicted molar refractivity (Wildman–Crippen MR) is 97.1 cm³/mol. The maximum atomic E-state index is 11.9.